The van der Waals surface area contributed by atoms with Gasteiger partial charge in [0, 0.05) is 28.6 Å². The van der Waals surface area contributed by atoms with E-state index in [4.69, 9.17) is 22.1 Å². The molecule has 0 amide bonds. The summed E-state index contributed by atoms with van der Waals surface area (Å²) in [4.78, 5) is 0. The molecule has 0 unspecified atom stereocenters. The largest absolute Gasteiger partial charge is 0.496 e. The summed E-state index contributed by atoms with van der Waals surface area (Å²) in [6, 6.07) is 4.99. The van der Waals surface area contributed by atoms with Crippen LogP contribution >= 0.6 is 24.0 Å². The summed E-state index contributed by atoms with van der Waals surface area (Å²) in [5.74, 6) is 0.693. The summed E-state index contributed by atoms with van der Waals surface area (Å²) < 4.78 is 5.24. The van der Waals surface area contributed by atoms with Gasteiger partial charge in [-0.1, -0.05) is 25.4 Å². The van der Waals surface area contributed by atoms with Crippen LogP contribution in [0.15, 0.2) is 18.2 Å². The molecule has 1 rings (SSSR count). The molecule has 17 heavy (non-hydrogen) atoms. The van der Waals surface area contributed by atoms with E-state index < -0.39 is 5.41 Å². The van der Waals surface area contributed by atoms with Crippen molar-refractivity contribution in [1.82, 2.24) is 0 Å². The number of methoxy groups -OCH3 is 1. The fraction of sp³-hybridized carbons (Fsp3) is 0.500. The number of rotatable bonds is 4. The van der Waals surface area contributed by atoms with Crippen molar-refractivity contribution in [2.75, 3.05) is 13.7 Å². The molecule has 5 heteroatoms. The lowest BCUT2D eigenvalue weighted by Crippen LogP contribution is -2.32. The van der Waals surface area contributed by atoms with Gasteiger partial charge >= 0.3 is 0 Å². The van der Waals surface area contributed by atoms with Crippen LogP contribution in [0, 0.1) is 5.41 Å². The summed E-state index contributed by atoms with van der Waals surface area (Å²) in [5.41, 5.74) is 6.53. The van der Waals surface area contributed by atoms with E-state index >= 15 is 0 Å². The van der Waals surface area contributed by atoms with Crippen molar-refractivity contribution in [3.8, 4) is 5.75 Å². The zero-order valence-electron chi connectivity index (χ0n) is 10.2. The highest BCUT2D eigenvalue weighted by atomic mass is 35.5. The van der Waals surface area contributed by atoms with Crippen molar-refractivity contribution in [2.24, 2.45) is 11.1 Å². The number of aliphatic hydroxyl groups excluding tert-OH is 1. The highest BCUT2D eigenvalue weighted by molar-refractivity contribution is 6.30. The van der Waals surface area contributed by atoms with Gasteiger partial charge in [-0.25, -0.2) is 0 Å². The monoisotopic (exact) mass is 279 g/mol. The second-order valence-electron chi connectivity index (χ2n) is 4.51. The van der Waals surface area contributed by atoms with Crippen LogP contribution in [0.1, 0.15) is 25.5 Å². The zero-order chi connectivity index (χ0) is 12.3. The predicted molar refractivity (Wildman–Crippen MR) is 73.0 cm³/mol. The van der Waals surface area contributed by atoms with Crippen LogP contribution in [-0.4, -0.2) is 18.8 Å². The molecule has 0 aliphatic rings. The summed E-state index contributed by atoms with van der Waals surface area (Å²) in [5, 5.41) is 9.92. The zero-order valence-corrected chi connectivity index (χ0v) is 11.8. The van der Waals surface area contributed by atoms with Crippen LogP contribution < -0.4 is 10.5 Å². The van der Waals surface area contributed by atoms with Crippen molar-refractivity contribution in [1.29, 1.82) is 0 Å². The topological polar surface area (TPSA) is 55.5 Å². The second-order valence-corrected chi connectivity index (χ2v) is 4.95. The molecule has 0 radical (unpaired) electrons. The van der Waals surface area contributed by atoms with E-state index in [0.717, 1.165) is 5.56 Å². The Labute approximate surface area is 113 Å². The number of hydrogen-bond acceptors (Lipinski definition) is 3. The van der Waals surface area contributed by atoms with Gasteiger partial charge in [-0.3, -0.25) is 0 Å². The average molecular weight is 280 g/mol. The van der Waals surface area contributed by atoms with Crippen molar-refractivity contribution in [3.05, 3.63) is 28.8 Å². The number of ether oxygens (including phenoxy) is 1. The molecule has 0 bridgehead atoms. The summed E-state index contributed by atoms with van der Waals surface area (Å²) >= 11 is 5.94. The number of benzene rings is 1. The molecule has 98 valence electrons. The predicted octanol–water partition coefficient (Wildman–Crippen LogP) is 2.79. The van der Waals surface area contributed by atoms with Gasteiger partial charge in [0.25, 0.3) is 0 Å². The third kappa shape index (κ3) is 3.75. The molecule has 0 aliphatic heterocycles. The molecule has 0 saturated carbocycles. The van der Waals surface area contributed by atoms with Crippen LogP contribution in [0.4, 0.5) is 0 Å². The first-order valence-corrected chi connectivity index (χ1v) is 5.50. The van der Waals surface area contributed by atoms with Gasteiger partial charge < -0.3 is 15.6 Å². The first-order valence-electron chi connectivity index (χ1n) is 5.12. The van der Waals surface area contributed by atoms with Gasteiger partial charge in [-0.15, -0.1) is 12.4 Å². The summed E-state index contributed by atoms with van der Waals surface area (Å²) in [6.45, 7) is 3.81. The molecule has 0 spiro atoms. The molecule has 0 saturated heterocycles. The highest BCUT2D eigenvalue weighted by Gasteiger charge is 2.29. The molecule has 0 aliphatic carbocycles. The lowest BCUT2D eigenvalue weighted by Gasteiger charge is -2.30. The van der Waals surface area contributed by atoms with Gasteiger partial charge in [-0.2, -0.15) is 0 Å². The number of halogens is 2. The van der Waals surface area contributed by atoms with E-state index in [1.165, 1.54) is 0 Å². The van der Waals surface area contributed by atoms with Crippen molar-refractivity contribution >= 4 is 24.0 Å². The fourth-order valence-corrected chi connectivity index (χ4v) is 1.65. The van der Waals surface area contributed by atoms with Gasteiger partial charge in [-0.05, 0) is 18.2 Å². The van der Waals surface area contributed by atoms with E-state index in [9.17, 15) is 5.11 Å². The molecular weight excluding hydrogens is 261 g/mol. The summed E-state index contributed by atoms with van der Waals surface area (Å²) in [7, 11) is 1.59. The molecule has 0 aromatic heterocycles. The lowest BCUT2D eigenvalue weighted by atomic mass is 9.81. The minimum absolute atomic E-state index is 0. The molecule has 1 atom stereocenters. The van der Waals surface area contributed by atoms with Crippen LogP contribution in [0.5, 0.6) is 5.75 Å². The minimum Gasteiger partial charge on any atom is -0.496 e. The van der Waals surface area contributed by atoms with E-state index in [1.54, 1.807) is 25.3 Å². The standard InChI is InChI=1S/C12H18ClNO2.ClH/c1-12(2,7-15)11(14)9-6-8(13)4-5-10(9)16-3;/h4-6,11,15H,7,14H2,1-3H3;1H/t11-;/m0./s1. The molecule has 3 nitrogen and oxygen atoms in total. The Morgan fingerprint density at radius 2 is 2.06 bits per heavy atom. The van der Waals surface area contributed by atoms with E-state index in [0.29, 0.717) is 10.8 Å². The van der Waals surface area contributed by atoms with E-state index in [2.05, 4.69) is 0 Å². The first-order chi connectivity index (χ1) is 7.42. The Morgan fingerprint density at radius 1 is 1.47 bits per heavy atom. The van der Waals surface area contributed by atoms with Crippen LogP contribution in [0.25, 0.3) is 0 Å². The Balaban J connectivity index is 0.00000256. The van der Waals surface area contributed by atoms with E-state index in [-0.39, 0.29) is 25.1 Å². The van der Waals surface area contributed by atoms with Crippen molar-refractivity contribution in [3.63, 3.8) is 0 Å². The maximum atomic E-state index is 9.30. The second kappa shape index (κ2) is 6.45. The van der Waals surface area contributed by atoms with Gasteiger partial charge in [0.1, 0.15) is 5.75 Å². The third-order valence-electron chi connectivity index (χ3n) is 2.78. The summed E-state index contributed by atoms with van der Waals surface area (Å²) in [6.07, 6.45) is 0. The van der Waals surface area contributed by atoms with Gasteiger partial charge in [0.05, 0.1) is 7.11 Å². The quantitative estimate of drug-likeness (QED) is 0.891. The maximum Gasteiger partial charge on any atom is 0.123 e. The number of hydrogen-bond donors (Lipinski definition) is 2. The minimum atomic E-state index is -0.419. The SMILES string of the molecule is COc1ccc(Cl)cc1[C@H](N)C(C)(C)CO.Cl. The first kappa shape index (κ1) is 16.5. The van der Waals surface area contributed by atoms with Crippen LogP contribution in [0.3, 0.4) is 0 Å². The number of nitrogens with two attached hydrogens (primary N) is 1. The molecule has 1 aromatic rings. The smallest absolute Gasteiger partial charge is 0.123 e. The molecule has 0 fully saturated rings. The van der Waals surface area contributed by atoms with E-state index in [1.807, 2.05) is 13.8 Å². The average Bonchev–Trinajstić information content (AvgIpc) is 2.28. The number of aliphatic hydroxyl groups is 1. The normalized spacial score (nSPS) is 12.8. The third-order valence-corrected chi connectivity index (χ3v) is 3.01. The highest BCUT2D eigenvalue weighted by Crippen LogP contribution is 2.36. The Bertz CT molecular complexity index is 370. The van der Waals surface area contributed by atoms with Crippen molar-refractivity contribution < 1.29 is 9.84 Å². The molecular formula is C12H19Cl2NO2. The lowest BCUT2D eigenvalue weighted by molar-refractivity contribution is 0.131. The van der Waals surface area contributed by atoms with Gasteiger partial charge in [0.2, 0.25) is 0 Å². The Hall–Kier alpha value is -0.480. The van der Waals surface area contributed by atoms with Gasteiger partial charge in [0.15, 0.2) is 0 Å². The van der Waals surface area contributed by atoms with Crippen molar-refractivity contribution in [2.45, 2.75) is 19.9 Å². The van der Waals surface area contributed by atoms with Crippen LogP contribution in [0.2, 0.25) is 5.02 Å². The Kier molecular flexibility index (Phi) is 6.27. The molecule has 3 N–H and O–H groups in total. The van der Waals surface area contributed by atoms with Crippen LogP contribution in [-0.2, 0) is 0 Å². The Morgan fingerprint density at radius 3 is 2.53 bits per heavy atom. The maximum absolute atomic E-state index is 9.30. The molecule has 0 heterocycles. The fourth-order valence-electron chi connectivity index (χ4n) is 1.47. The molecule has 1 aromatic carbocycles.